The van der Waals surface area contributed by atoms with Gasteiger partial charge >= 0.3 is 5.97 Å². The minimum absolute atomic E-state index is 0.0206. The van der Waals surface area contributed by atoms with E-state index >= 15 is 0 Å². The molecule has 0 saturated heterocycles. The molecule has 0 radical (unpaired) electrons. The molecule has 4 rings (SSSR count). The molecular formula is C16H15FN2O2S. The van der Waals surface area contributed by atoms with Crippen LogP contribution in [0.5, 0.6) is 0 Å². The van der Waals surface area contributed by atoms with Crippen molar-refractivity contribution in [1.29, 1.82) is 0 Å². The lowest BCUT2D eigenvalue weighted by atomic mass is 9.78. The van der Waals surface area contributed by atoms with Gasteiger partial charge < -0.3 is 5.11 Å². The molecule has 2 fully saturated rings. The number of hydrogen-bond donors (Lipinski definition) is 1. The number of nitrogens with zero attached hydrogens (tertiary/aromatic N) is 2. The summed E-state index contributed by atoms with van der Waals surface area (Å²) in [4.78, 5) is 20.0. The molecule has 4 nitrogen and oxygen atoms in total. The third-order valence-corrected chi connectivity index (χ3v) is 5.75. The standard InChI is InChI=1S/C16H15FN2O2S/c17-11-2-10(5-18-6-11)15-19-14(7-22-15)12-3-8-1-9(8)4-13(12)16(20)21/h2,5-9,12-13H,1,3-4H2,(H,20,21). The summed E-state index contributed by atoms with van der Waals surface area (Å²) >= 11 is 1.42. The van der Waals surface area contributed by atoms with Gasteiger partial charge in [0.25, 0.3) is 0 Å². The number of carboxylic acids is 1. The highest BCUT2D eigenvalue weighted by molar-refractivity contribution is 7.13. The largest absolute Gasteiger partial charge is 0.481 e. The molecule has 4 unspecified atom stereocenters. The lowest BCUT2D eigenvalue weighted by molar-refractivity contribution is -0.143. The number of thiazole rings is 1. The Labute approximate surface area is 131 Å². The van der Waals surface area contributed by atoms with Crippen molar-refractivity contribution in [3.8, 4) is 10.6 Å². The quantitative estimate of drug-likeness (QED) is 0.940. The Kier molecular flexibility index (Phi) is 3.22. The normalized spacial score (nSPS) is 29.9. The summed E-state index contributed by atoms with van der Waals surface area (Å²) in [6.45, 7) is 0. The van der Waals surface area contributed by atoms with Crippen LogP contribution in [0.1, 0.15) is 30.9 Å². The van der Waals surface area contributed by atoms with Crippen LogP contribution in [0.4, 0.5) is 4.39 Å². The number of halogens is 1. The van der Waals surface area contributed by atoms with Crippen molar-refractivity contribution >= 4 is 17.3 Å². The van der Waals surface area contributed by atoms with E-state index in [4.69, 9.17) is 0 Å². The van der Waals surface area contributed by atoms with Gasteiger partial charge in [0.05, 0.1) is 17.8 Å². The fourth-order valence-corrected chi connectivity index (χ4v) is 4.45. The zero-order chi connectivity index (χ0) is 15.3. The molecule has 22 heavy (non-hydrogen) atoms. The number of carbonyl (C=O) groups is 1. The monoisotopic (exact) mass is 318 g/mol. The van der Waals surface area contributed by atoms with Crippen molar-refractivity contribution in [3.63, 3.8) is 0 Å². The topological polar surface area (TPSA) is 63.1 Å². The van der Waals surface area contributed by atoms with E-state index in [9.17, 15) is 14.3 Å². The van der Waals surface area contributed by atoms with Crippen molar-refractivity contribution in [2.45, 2.75) is 25.2 Å². The summed E-state index contributed by atoms with van der Waals surface area (Å²) in [6, 6.07) is 1.40. The number of pyridine rings is 1. The first kappa shape index (κ1) is 13.8. The fourth-order valence-electron chi connectivity index (χ4n) is 3.59. The highest BCUT2D eigenvalue weighted by atomic mass is 32.1. The fraction of sp³-hybridized carbons (Fsp3) is 0.438. The number of rotatable bonds is 3. The van der Waals surface area contributed by atoms with Gasteiger partial charge in [0.1, 0.15) is 10.8 Å². The number of carboxylic acid groups (broad SMARTS) is 1. The van der Waals surface area contributed by atoms with Gasteiger partial charge in [0.2, 0.25) is 0 Å². The molecule has 2 aromatic rings. The maximum Gasteiger partial charge on any atom is 0.307 e. The zero-order valence-electron chi connectivity index (χ0n) is 11.8. The van der Waals surface area contributed by atoms with Gasteiger partial charge in [-0.2, -0.15) is 0 Å². The molecule has 6 heteroatoms. The average molecular weight is 318 g/mol. The van der Waals surface area contributed by atoms with Gasteiger partial charge in [0, 0.05) is 23.1 Å². The molecule has 0 aromatic carbocycles. The van der Waals surface area contributed by atoms with Crippen LogP contribution >= 0.6 is 11.3 Å². The van der Waals surface area contributed by atoms with Gasteiger partial charge in [-0.1, -0.05) is 0 Å². The zero-order valence-corrected chi connectivity index (χ0v) is 12.6. The summed E-state index contributed by atoms with van der Waals surface area (Å²) in [7, 11) is 0. The van der Waals surface area contributed by atoms with Crippen LogP contribution in [0.15, 0.2) is 23.8 Å². The lowest BCUT2D eigenvalue weighted by Gasteiger charge is -2.26. The SMILES string of the molecule is O=C(O)C1CC2CC2CC1c1csc(-c2cncc(F)c2)n1. The molecule has 0 aliphatic heterocycles. The molecule has 2 aliphatic rings. The van der Waals surface area contributed by atoms with E-state index in [2.05, 4.69) is 9.97 Å². The summed E-state index contributed by atoms with van der Waals surface area (Å²) in [6.07, 6.45) is 5.57. The highest BCUT2D eigenvalue weighted by Gasteiger charge is 2.49. The maximum absolute atomic E-state index is 13.3. The van der Waals surface area contributed by atoms with Crippen molar-refractivity contribution in [3.05, 3.63) is 35.4 Å². The van der Waals surface area contributed by atoms with E-state index in [1.807, 2.05) is 5.38 Å². The van der Waals surface area contributed by atoms with Crippen LogP contribution in [-0.2, 0) is 4.79 Å². The predicted molar refractivity (Wildman–Crippen MR) is 80.0 cm³/mol. The van der Waals surface area contributed by atoms with Crippen LogP contribution in [0, 0.1) is 23.6 Å². The Bertz CT molecular complexity index is 732. The van der Waals surface area contributed by atoms with Gasteiger partial charge in [-0.15, -0.1) is 11.3 Å². The summed E-state index contributed by atoms with van der Waals surface area (Å²) in [5.41, 5.74) is 1.48. The Morgan fingerprint density at radius 2 is 2.09 bits per heavy atom. The van der Waals surface area contributed by atoms with Crippen LogP contribution in [0.2, 0.25) is 0 Å². The Balaban J connectivity index is 1.64. The molecular weight excluding hydrogens is 303 g/mol. The molecule has 0 amide bonds. The Hall–Kier alpha value is -1.82. The minimum atomic E-state index is -0.725. The first-order valence-corrected chi connectivity index (χ1v) is 8.29. The number of hydrogen-bond acceptors (Lipinski definition) is 4. The minimum Gasteiger partial charge on any atom is -0.481 e. The predicted octanol–water partition coefficient (Wildman–Crippen LogP) is 3.56. The first-order valence-electron chi connectivity index (χ1n) is 7.41. The van der Waals surface area contributed by atoms with E-state index in [-0.39, 0.29) is 11.8 Å². The number of aromatic nitrogens is 2. The molecule has 2 heterocycles. The molecule has 2 saturated carbocycles. The first-order chi connectivity index (χ1) is 10.6. The third kappa shape index (κ3) is 2.41. The van der Waals surface area contributed by atoms with Crippen LogP contribution < -0.4 is 0 Å². The second-order valence-corrected chi connectivity index (χ2v) is 7.11. The maximum atomic E-state index is 13.3. The Morgan fingerprint density at radius 3 is 2.86 bits per heavy atom. The van der Waals surface area contributed by atoms with Gasteiger partial charge in [-0.3, -0.25) is 9.78 Å². The third-order valence-electron chi connectivity index (χ3n) is 4.84. The molecule has 4 atom stereocenters. The smallest absolute Gasteiger partial charge is 0.307 e. The van der Waals surface area contributed by atoms with Gasteiger partial charge in [0.15, 0.2) is 0 Å². The second-order valence-electron chi connectivity index (χ2n) is 6.25. The van der Waals surface area contributed by atoms with Gasteiger partial charge in [-0.25, -0.2) is 9.37 Å². The lowest BCUT2D eigenvalue weighted by Crippen LogP contribution is -2.26. The van der Waals surface area contributed by atoms with Crippen LogP contribution in [0.25, 0.3) is 10.6 Å². The van der Waals surface area contributed by atoms with Crippen LogP contribution in [0.3, 0.4) is 0 Å². The molecule has 0 spiro atoms. The van der Waals surface area contributed by atoms with E-state index < -0.39 is 11.8 Å². The van der Waals surface area contributed by atoms with Crippen molar-refractivity contribution in [2.24, 2.45) is 17.8 Å². The van der Waals surface area contributed by atoms with E-state index in [1.165, 1.54) is 17.4 Å². The van der Waals surface area contributed by atoms with Crippen molar-refractivity contribution < 1.29 is 14.3 Å². The van der Waals surface area contributed by atoms with Crippen molar-refractivity contribution in [2.75, 3.05) is 0 Å². The second kappa shape index (κ2) is 5.12. The van der Waals surface area contributed by atoms with Crippen LogP contribution in [-0.4, -0.2) is 21.0 Å². The highest BCUT2D eigenvalue weighted by Crippen LogP contribution is 2.56. The molecule has 2 aromatic heterocycles. The summed E-state index contributed by atoms with van der Waals surface area (Å²) in [5.74, 6) is -0.213. The number of aliphatic carboxylic acids is 1. The molecule has 0 bridgehead atoms. The van der Waals surface area contributed by atoms with Crippen molar-refractivity contribution in [1.82, 2.24) is 9.97 Å². The van der Waals surface area contributed by atoms with E-state index in [0.717, 1.165) is 31.2 Å². The summed E-state index contributed by atoms with van der Waals surface area (Å²) < 4.78 is 13.3. The molecule has 114 valence electrons. The Morgan fingerprint density at radius 1 is 1.27 bits per heavy atom. The molecule has 1 N–H and O–H groups in total. The van der Waals surface area contributed by atoms with Gasteiger partial charge in [-0.05, 0) is 37.2 Å². The van der Waals surface area contributed by atoms with E-state index in [0.29, 0.717) is 22.4 Å². The average Bonchev–Trinajstić information content (AvgIpc) is 3.09. The number of fused-ring (bicyclic) bond motifs is 1. The molecule has 2 aliphatic carbocycles. The summed E-state index contributed by atoms with van der Waals surface area (Å²) in [5, 5.41) is 12.1. The van der Waals surface area contributed by atoms with E-state index in [1.54, 1.807) is 6.20 Å².